The smallest absolute Gasteiger partial charge is 0.224 e. The second kappa shape index (κ2) is 9.64. The number of carbonyl (C=O) groups is 1. The highest BCUT2D eigenvalue weighted by molar-refractivity contribution is 5.90. The molecule has 1 aliphatic rings. The van der Waals surface area contributed by atoms with Crippen molar-refractivity contribution in [3.05, 3.63) is 23.8 Å². The SMILES string of the molecule is CCCC(=O)Nc1ccc(OC)c(C2CCN(CCCN)CC2)c1. The minimum Gasteiger partial charge on any atom is -0.496 e. The zero-order valence-corrected chi connectivity index (χ0v) is 15.0. The number of likely N-dealkylation sites (tertiary alicyclic amines) is 1. The number of carbonyl (C=O) groups excluding carboxylic acids is 1. The molecule has 0 unspecified atom stereocenters. The van der Waals surface area contributed by atoms with Crippen LogP contribution in [0.4, 0.5) is 5.69 Å². The minimum absolute atomic E-state index is 0.0743. The van der Waals surface area contributed by atoms with Crippen LogP contribution in [0.15, 0.2) is 18.2 Å². The van der Waals surface area contributed by atoms with Crippen molar-refractivity contribution in [3.8, 4) is 5.75 Å². The summed E-state index contributed by atoms with van der Waals surface area (Å²) in [5.41, 5.74) is 7.69. The molecule has 1 saturated heterocycles. The zero-order valence-electron chi connectivity index (χ0n) is 15.0. The van der Waals surface area contributed by atoms with Gasteiger partial charge in [-0.2, -0.15) is 0 Å². The van der Waals surface area contributed by atoms with E-state index < -0.39 is 0 Å². The van der Waals surface area contributed by atoms with Gasteiger partial charge in [0.05, 0.1) is 7.11 Å². The van der Waals surface area contributed by atoms with Crippen molar-refractivity contribution >= 4 is 11.6 Å². The van der Waals surface area contributed by atoms with E-state index in [1.54, 1.807) is 7.11 Å². The number of piperidine rings is 1. The summed E-state index contributed by atoms with van der Waals surface area (Å²) < 4.78 is 5.55. The third-order valence-corrected chi connectivity index (χ3v) is 4.70. The van der Waals surface area contributed by atoms with Crippen molar-refractivity contribution in [1.29, 1.82) is 0 Å². The molecule has 24 heavy (non-hydrogen) atoms. The number of nitrogens with one attached hydrogen (secondary N) is 1. The molecule has 3 N–H and O–H groups in total. The van der Waals surface area contributed by atoms with Gasteiger partial charge < -0.3 is 20.7 Å². The average Bonchev–Trinajstić information content (AvgIpc) is 2.60. The summed E-state index contributed by atoms with van der Waals surface area (Å²) in [6, 6.07) is 5.98. The van der Waals surface area contributed by atoms with Gasteiger partial charge in [0.1, 0.15) is 5.75 Å². The van der Waals surface area contributed by atoms with Crippen LogP contribution in [0.5, 0.6) is 5.75 Å². The van der Waals surface area contributed by atoms with Gasteiger partial charge in [-0.1, -0.05) is 6.92 Å². The quantitative estimate of drug-likeness (QED) is 0.767. The first kappa shape index (κ1) is 18.7. The van der Waals surface area contributed by atoms with Gasteiger partial charge in [0.15, 0.2) is 0 Å². The maximum atomic E-state index is 11.8. The average molecular weight is 333 g/mol. The number of nitrogens with zero attached hydrogens (tertiary/aromatic N) is 1. The van der Waals surface area contributed by atoms with Gasteiger partial charge in [-0.05, 0) is 81.5 Å². The summed E-state index contributed by atoms with van der Waals surface area (Å²) in [6.07, 6.45) is 4.71. The number of methoxy groups -OCH3 is 1. The van der Waals surface area contributed by atoms with Crippen molar-refractivity contribution in [3.63, 3.8) is 0 Å². The number of ether oxygens (including phenoxy) is 1. The Morgan fingerprint density at radius 2 is 2.12 bits per heavy atom. The molecule has 0 bridgehead atoms. The number of benzene rings is 1. The molecule has 5 nitrogen and oxygen atoms in total. The summed E-state index contributed by atoms with van der Waals surface area (Å²) in [4.78, 5) is 14.3. The Kier molecular flexibility index (Phi) is 7.53. The molecule has 5 heteroatoms. The molecule has 134 valence electrons. The lowest BCUT2D eigenvalue weighted by molar-refractivity contribution is -0.116. The van der Waals surface area contributed by atoms with Crippen LogP contribution in [0.2, 0.25) is 0 Å². The fraction of sp³-hybridized carbons (Fsp3) is 0.632. The summed E-state index contributed by atoms with van der Waals surface area (Å²) in [7, 11) is 1.71. The lowest BCUT2D eigenvalue weighted by atomic mass is 9.88. The van der Waals surface area contributed by atoms with Crippen LogP contribution in [-0.2, 0) is 4.79 Å². The van der Waals surface area contributed by atoms with Crippen LogP contribution >= 0.6 is 0 Å². The van der Waals surface area contributed by atoms with Gasteiger partial charge in [0.2, 0.25) is 5.91 Å². The van der Waals surface area contributed by atoms with Gasteiger partial charge in [0.25, 0.3) is 0 Å². The highest BCUT2D eigenvalue weighted by atomic mass is 16.5. The number of hydrogen-bond acceptors (Lipinski definition) is 4. The summed E-state index contributed by atoms with van der Waals surface area (Å²) in [5, 5.41) is 2.99. The Morgan fingerprint density at radius 1 is 1.38 bits per heavy atom. The number of hydrogen-bond donors (Lipinski definition) is 2. The molecular weight excluding hydrogens is 302 g/mol. The number of rotatable bonds is 8. The van der Waals surface area contributed by atoms with Gasteiger partial charge in [0, 0.05) is 12.1 Å². The lowest BCUT2D eigenvalue weighted by Crippen LogP contribution is -2.34. The lowest BCUT2D eigenvalue weighted by Gasteiger charge is -2.32. The van der Waals surface area contributed by atoms with Crippen molar-refractivity contribution in [2.75, 3.05) is 38.6 Å². The molecule has 1 fully saturated rings. The molecule has 1 aromatic rings. The minimum atomic E-state index is 0.0743. The van der Waals surface area contributed by atoms with Crippen LogP contribution in [0.1, 0.15) is 50.5 Å². The Bertz CT molecular complexity index is 525. The van der Waals surface area contributed by atoms with Crippen molar-refractivity contribution in [1.82, 2.24) is 4.90 Å². The Hall–Kier alpha value is -1.59. The normalized spacial score (nSPS) is 16.1. The zero-order chi connectivity index (χ0) is 17.4. The number of nitrogens with two attached hydrogens (primary N) is 1. The monoisotopic (exact) mass is 333 g/mol. The van der Waals surface area contributed by atoms with Crippen LogP contribution in [0, 0.1) is 0 Å². The van der Waals surface area contributed by atoms with E-state index >= 15 is 0 Å². The fourth-order valence-electron chi connectivity index (χ4n) is 3.36. The van der Waals surface area contributed by atoms with Gasteiger partial charge in [-0.15, -0.1) is 0 Å². The van der Waals surface area contributed by atoms with E-state index in [0.29, 0.717) is 12.3 Å². The van der Waals surface area contributed by atoms with Gasteiger partial charge in [-0.25, -0.2) is 0 Å². The molecule has 2 rings (SSSR count). The predicted molar refractivity (Wildman–Crippen MR) is 98.6 cm³/mol. The van der Waals surface area contributed by atoms with E-state index in [4.69, 9.17) is 10.5 Å². The van der Waals surface area contributed by atoms with Crippen molar-refractivity contribution in [2.24, 2.45) is 5.73 Å². The van der Waals surface area contributed by atoms with E-state index in [2.05, 4.69) is 16.3 Å². The second-order valence-corrected chi connectivity index (χ2v) is 6.51. The second-order valence-electron chi connectivity index (χ2n) is 6.51. The number of amides is 1. The largest absolute Gasteiger partial charge is 0.496 e. The summed E-state index contributed by atoms with van der Waals surface area (Å²) in [6.45, 7) is 6.05. The molecule has 1 aromatic carbocycles. The molecule has 0 radical (unpaired) electrons. The Morgan fingerprint density at radius 3 is 2.75 bits per heavy atom. The maximum Gasteiger partial charge on any atom is 0.224 e. The topological polar surface area (TPSA) is 67.6 Å². The third-order valence-electron chi connectivity index (χ3n) is 4.70. The molecule has 1 heterocycles. The maximum absolute atomic E-state index is 11.8. The van der Waals surface area contributed by atoms with E-state index in [1.807, 2.05) is 19.1 Å². The van der Waals surface area contributed by atoms with Crippen LogP contribution in [0.25, 0.3) is 0 Å². The van der Waals surface area contributed by atoms with E-state index in [0.717, 1.165) is 63.3 Å². The van der Waals surface area contributed by atoms with Crippen LogP contribution in [-0.4, -0.2) is 44.1 Å². The van der Waals surface area contributed by atoms with Crippen LogP contribution in [0.3, 0.4) is 0 Å². The summed E-state index contributed by atoms with van der Waals surface area (Å²) in [5.74, 6) is 1.48. The first-order valence-corrected chi connectivity index (χ1v) is 9.08. The summed E-state index contributed by atoms with van der Waals surface area (Å²) >= 11 is 0. The fourth-order valence-corrected chi connectivity index (χ4v) is 3.36. The van der Waals surface area contributed by atoms with E-state index in [9.17, 15) is 4.79 Å². The molecule has 0 atom stereocenters. The Balaban J connectivity index is 2.04. The first-order valence-electron chi connectivity index (χ1n) is 9.08. The molecule has 0 saturated carbocycles. The third kappa shape index (κ3) is 5.21. The molecule has 1 amide bonds. The molecule has 0 aromatic heterocycles. The molecule has 0 spiro atoms. The molecule has 1 aliphatic heterocycles. The van der Waals surface area contributed by atoms with Crippen molar-refractivity contribution < 1.29 is 9.53 Å². The van der Waals surface area contributed by atoms with E-state index in [1.165, 1.54) is 5.56 Å². The highest BCUT2D eigenvalue weighted by Crippen LogP contribution is 2.36. The standard InChI is InChI=1S/C19H31N3O2/c1-3-5-19(23)21-16-6-7-18(24-2)17(14-16)15-8-12-22(13-9-15)11-4-10-20/h6-7,14-15H,3-5,8-13,20H2,1-2H3,(H,21,23). The molecular formula is C19H31N3O2. The number of anilines is 1. The first-order chi connectivity index (χ1) is 11.7. The predicted octanol–water partition coefficient (Wildman–Crippen LogP) is 2.96. The van der Waals surface area contributed by atoms with E-state index in [-0.39, 0.29) is 5.91 Å². The van der Waals surface area contributed by atoms with Gasteiger partial charge in [-0.3, -0.25) is 4.79 Å². The molecule has 0 aliphatic carbocycles. The highest BCUT2D eigenvalue weighted by Gasteiger charge is 2.23. The van der Waals surface area contributed by atoms with Crippen LogP contribution < -0.4 is 15.8 Å². The van der Waals surface area contributed by atoms with Gasteiger partial charge >= 0.3 is 0 Å². The van der Waals surface area contributed by atoms with Crippen molar-refractivity contribution in [2.45, 2.75) is 44.9 Å². The Labute approximate surface area is 145 Å².